The van der Waals surface area contributed by atoms with E-state index in [4.69, 9.17) is 9.47 Å². The highest BCUT2D eigenvalue weighted by molar-refractivity contribution is 7.11. The van der Waals surface area contributed by atoms with Gasteiger partial charge in [-0.2, -0.15) is 0 Å². The average Bonchev–Trinajstić information content (AvgIpc) is 3.26. The summed E-state index contributed by atoms with van der Waals surface area (Å²) in [5.41, 5.74) is 3.88. The van der Waals surface area contributed by atoms with Crippen LogP contribution in [0, 0.1) is 13.8 Å². The first-order valence-electron chi connectivity index (χ1n) is 10.1. The molecule has 0 unspecified atom stereocenters. The molecule has 0 atom stereocenters. The van der Waals surface area contributed by atoms with Gasteiger partial charge in [0.25, 0.3) is 0 Å². The van der Waals surface area contributed by atoms with Gasteiger partial charge < -0.3 is 9.47 Å². The maximum Gasteiger partial charge on any atom is 0.232 e. The zero-order valence-electron chi connectivity index (χ0n) is 16.4. The van der Waals surface area contributed by atoms with Gasteiger partial charge in [-0.3, -0.25) is 9.69 Å². The first-order chi connectivity index (χ1) is 13.6. The summed E-state index contributed by atoms with van der Waals surface area (Å²) in [6.45, 7) is 5.53. The van der Waals surface area contributed by atoms with Crippen molar-refractivity contribution in [1.29, 1.82) is 0 Å². The van der Waals surface area contributed by atoms with Crippen molar-refractivity contribution >= 4 is 23.2 Å². The topological polar surface area (TPSA) is 38.8 Å². The minimum atomic E-state index is -0.0245. The molecule has 1 saturated carbocycles. The Balaban J connectivity index is 1.46. The minimum absolute atomic E-state index is 0.0245. The Kier molecular flexibility index (Phi) is 4.52. The molecular formula is C23H25NO3S. The van der Waals surface area contributed by atoms with Crippen LogP contribution in [0.25, 0.3) is 6.08 Å². The van der Waals surface area contributed by atoms with Crippen molar-refractivity contribution in [2.45, 2.75) is 58.5 Å². The van der Waals surface area contributed by atoms with Crippen LogP contribution in [0.3, 0.4) is 0 Å². The van der Waals surface area contributed by atoms with Gasteiger partial charge >= 0.3 is 0 Å². The number of carbonyl (C=O) groups is 1. The number of fused-ring (bicyclic) bond motifs is 2. The molecule has 5 rings (SSSR count). The van der Waals surface area contributed by atoms with E-state index in [0.29, 0.717) is 29.8 Å². The van der Waals surface area contributed by atoms with Crippen molar-refractivity contribution in [2.75, 3.05) is 6.73 Å². The van der Waals surface area contributed by atoms with Gasteiger partial charge in [0, 0.05) is 34.7 Å². The first-order valence-corrected chi connectivity index (χ1v) is 11.0. The summed E-state index contributed by atoms with van der Waals surface area (Å²) in [5, 5.41) is 2.03. The summed E-state index contributed by atoms with van der Waals surface area (Å²) in [7, 11) is 0. The van der Waals surface area contributed by atoms with Gasteiger partial charge in [0.1, 0.15) is 18.2 Å². The third-order valence-electron chi connectivity index (χ3n) is 6.22. The third kappa shape index (κ3) is 2.97. The molecule has 28 heavy (non-hydrogen) atoms. The minimum Gasteiger partial charge on any atom is -0.477 e. The number of aryl methyl sites for hydroxylation is 1. The SMILES string of the molecule is Cc1ccsc1/C=C1\Oc2c(cc3c(c2C)OCN(C2CCCCC2)C3)C1=O. The lowest BCUT2D eigenvalue weighted by atomic mass is 9.93. The Morgan fingerprint density at radius 1 is 1.18 bits per heavy atom. The van der Waals surface area contributed by atoms with Crippen molar-refractivity contribution in [1.82, 2.24) is 4.90 Å². The van der Waals surface area contributed by atoms with E-state index in [9.17, 15) is 4.79 Å². The van der Waals surface area contributed by atoms with Crippen LogP contribution < -0.4 is 9.47 Å². The molecule has 2 aliphatic heterocycles. The number of carbonyl (C=O) groups excluding carboxylic acids is 1. The molecule has 5 heteroatoms. The highest BCUT2D eigenvalue weighted by Gasteiger charge is 2.35. The highest BCUT2D eigenvalue weighted by atomic mass is 32.1. The van der Waals surface area contributed by atoms with Gasteiger partial charge in [0.2, 0.25) is 5.78 Å². The Hall–Kier alpha value is -2.11. The number of allylic oxidation sites excluding steroid dienone is 1. The molecule has 4 nitrogen and oxygen atoms in total. The van der Waals surface area contributed by atoms with Crippen molar-refractivity contribution in [3.8, 4) is 11.5 Å². The summed E-state index contributed by atoms with van der Waals surface area (Å²) in [5.74, 6) is 1.95. The molecule has 2 aromatic rings. The van der Waals surface area contributed by atoms with E-state index < -0.39 is 0 Å². The molecule has 1 aromatic heterocycles. The lowest BCUT2D eigenvalue weighted by Gasteiger charge is -2.37. The zero-order valence-corrected chi connectivity index (χ0v) is 17.2. The molecule has 0 radical (unpaired) electrons. The average molecular weight is 396 g/mol. The van der Waals surface area contributed by atoms with Gasteiger partial charge in [-0.05, 0) is 49.8 Å². The number of rotatable bonds is 2. The van der Waals surface area contributed by atoms with E-state index in [0.717, 1.165) is 33.9 Å². The summed E-state index contributed by atoms with van der Waals surface area (Å²) in [6.07, 6.45) is 8.32. The van der Waals surface area contributed by atoms with E-state index in [1.165, 1.54) is 32.1 Å². The standard InChI is InChI=1S/C23H25NO3S/c1-14-8-9-28-20(14)11-19-21(25)18-10-16-12-24(17-6-4-3-5-7-17)13-26-22(16)15(2)23(18)27-19/h8-11,17H,3-7,12-13H2,1-2H3/b19-11-. The molecule has 0 amide bonds. The van der Waals surface area contributed by atoms with Crippen molar-refractivity contribution in [3.05, 3.63) is 50.4 Å². The fraction of sp³-hybridized carbons (Fsp3) is 0.435. The second kappa shape index (κ2) is 7.05. The second-order valence-electron chi connectivity index (χ2n) is 8.09. The predicted molar refractivity (Wildman–Crippen MR) is 111 cm³/mol. The zero-order chi connectivity index (χ0) is 19.3. The number of hydrogen-bond donors (Lipinski definition) is 0. The highest BCUT2D eigenvalue weighted by Crippen LogP contribution is 2.44. The van der Waals surface area contributed by atoms with Gasteiger partial charge in [0.15, 0.2) is 5.76 Å². The number of ether oxygens (including phenoxy) is 2. The fourth-order valence-electron chi connectivity index (χ4n) is 4.60. The van der Waals surface area contributed by atoms with E-state index >= 15 is 0 Å². The van der Waals surface area contributed by atoms with Crippen LogP contribution in [0.15, 0.2) is 23.3 Å². The number of ketones is 1. The predicted octanol–water partition coefficient (Wildman–Crippen LogP) is 5.47. The summed E-state index contributed by atoms with van der Waals surface area (Å²) >= 11 is 1.62. The number of Topliss-reactive ketones (excluding diaryl/α,β-unsaturated/α-hetero) is 1. The van der Waals surface area contributed by atoms with Crippen LogP contribution in [-0.2, 0) is 6.54 Å². The molecule has 0 spiro atoms. The van der Waals surface area contributed by atoms with E-state index in [-0.39, 0.29) is 5.78 Å². The first kappa shape index (κ1) is 18.0. The van der Waals surface area contributed by atoms with E-state index in [2.05, 4.69) is 11.0 Å². The van der Waals surface area contributed by atoms with Crippen LogP contribution in [0.4, 0.5) is 0 Å². The molecule has 1 fully saturated rings. The maximum absolute atomic E-state index is 13.0. The van der Waals surface area contributed by atoms with Crippen LogP contribution in [-0.4, -0.2) is 23.5 Å². The van der Waals surface area contributed by atoms with E-state index in [1.54, 1.807) is 11.3 Å². The summed E-state index contributed by atoms with van der Waals surface area (Å²) in [6, 6.07) is 4.65. The lowest BCUT2D eigenvalue weighted by Crippen LogP contribution is -2.41. The maximum atomic E-state index is 13.0. The normalized spacial score (nSPS) is 21.4. The molecule has 3 heterocycles. The van der Waals surface area contributed by atoms with E-state index in [1.807, 2.05) is 31.4 Å². The molecule has 1 aliphatic carbocycles. The van der Waals surface area contributed by atoms with Crippen molar-refractivity contribution < 1.29 is 14.3 Å². The smallest absolute Gasteiger partial charge is 0.232 e. The monoisotopic (exact) mass is 395 g/mol. The number of thiophene rings is 1. The van der Waals surface area contributed by atoms with Gasteiger partial charge in [-0.1, -0.05) is 19.3 Å². The van der Waals surface area contributed by atoms with Crippen LogP contribution in [0.2, 0.25) is 0 Å². The summed E-state index contributed by atoms with van der Waals surface area (Å²) in [4.78, 5) is 16.5. The van der Waals surface area contributed by atoms with Gasteiger partial charge in [0.05, 0.1) is 5.56 Å². The lowest BCUT2D eigenvalue weighted by molar-refractivity contribution is 0.0397. The largest absolute Gasteiger partial charge is 0.477 e. The number of hydrogen-bond acceptors (Lipinski definition) is 5. The van der Waals surface area contributed by atoms with Crippen molar-refractivity contribution in [2.24, 2.45) is 0 Å². The molecule has 146 valence electrons. The Labute approximate surface area is 169 Å². The van der Waals surface area contributed by atoms with Crippen molar-refractivity contribution in [3.63, 3.8) is 0 Å². The third-order valence-corrected chi connectivity index (χ3v) is 7.19. The molecule has 0 N–H and O–H groups in total. The molecule has 1 aromatic carbocycles. The Morgan fingerprint density at radius 3 is 2.75 bits per heavy atom. The van der Waals surface area contributed by atoms with Gasteiger partial charge in [-0.25, -0.2) is 0 Å². The second-order valence-corrected chi connectivity index (χ2v) is 9.03. The number of benzene rings is 1. The molecule has 0 bridgehead atoms. The summed E-state index contributed by atoms with van der Waals surface area (Å²) < 4.78 is 12.2. The van der Waals surface area contributed by atoms with Crippen LogP contribution in [0.1, 0.15) is 64.0 Å². The quantitative estimate of drug-likeness (QED) is 0.633. The van der Waals surface area contributed by atoms with Crippen LogP contribution in [0.5, 0.6) is 11.5 Å². The number of nitrogens with zero attached hydrogens (tertiary/aromatic N) is 1. The molecule has 0 saturated heterocycles. The Bertz CT molecular complexity index is 968. The Morgan fingerprint density at radius 2 is 2.00 bits per heavy atom. The molecule has 3 aliphatic rings. The van der Waals surface area contributed by atoms with Gasteiger partial charge in [-0.15, -0.1) is 11.3 Å². The fourth-order valence-corrected chi connectivity index (χ4v) is 5.45. The molecular weight excluding hydrogens is 370 g/mol. The van der Waals surface area contributed by atoms with Crippen LogP contribution >= 0.6 is 11.3 Å².